The molecule has 0 unspecified atom stereocenters. The van der Waals surface area contributed by atoms with Gasteiger partial charge in [-0.25, -0.2) is 0 Å². The summed E-state index contributed by atoms with van der Waals surface area (Å²) >= 11 is 6.22. The molecule has 0 aromatic heterocycles. The minimum atomic E-state index is -0.635. The van der Waals surface area contributed by atoms with Gasteiger partial charge in [-0.2, -0.15) is 0 Å². The van der Waals surface area contributed by atoms with E-state index < -0.39 is 16.4 Å². The van der Waals surface area contributed by atoms with Crippen LogP contribution in [0.3, 0.4) is 0 Å². The second-order valence-electron chi connectivity index (χ2n) is 7.39. The lowest BCUT2D eigenvalue weighted by atomic mass is 9.98. The first-order chi connectivity index (χ1) is 14.8. The van der Waals surface area contributed by atoms with Gasteiger partial charge in [-0.05, 0) is 59.7 Å². The second-order valence-corrected chi connectivity index (χ2v) is 7.80. The summed E-state index contributed by atoms with van der Waals surface area (Å²) in [7, 11) is 0. The molecule has 3 aromatic carbocycles. The van der Waals surface area contributed by atoms with Crippen molar-refractivity contribution in [1.82, 2.24) is 0 Å². The van der Waals surface area contributed by atoms with Crippen molar-refractivity contribution in [3.8, 4) is 11.5 Å². The summed E-state index contributed by atoms with van der Waals surface area (Å²) in [5.74, 6) is -0.193. The Labute approximate surface area is 185 Å². The van der Waals surface area contributed by atoms with Crippen LogP contribution in [0.15, 0.2) is 59.6 Å². The highest BCUT2D eigenvalue weighted by atomic mass is 35.5. The Kier molecular flexibility index (Phi) is 6.92. The van der Waals surface area contributed by atoms with Crippen molar-refractivity contribution in [3.05, 3.63) is 92.0 Å². The number of phenolic OH excluding ortho intramolecular Hbond substituents is 2. The van der Waals surface area contributed by atoms with E-state index >= 15 is 0 Å². The third-order valence-corrected chi connectivity index (χ3v) is 5.62. The normalized spacial score (nSPS) is 12.2. The largest absolute Gasteiger partial charge is 0.506 e. The van der Waals surface area contributed by atoms with Gasteiger partial charge < -0.3 is 10.2 Å². The quantitative estimate of drug-likeness (QED) is 0.249. The van der Waals surface area contributed by atoms with Gasteiger partial charge >= 0.3 is 5.69 Å². The van der Waals surface area contributed by atoms with Crippen LogP contribution in [-0.4, -0.2) is 21.4 Å². The average molecular weight is 439 g/mol. The number of aromatic hydroxyl groups is 2. The van der Waals surface area contributed by atoms with Gasteiger partial charge in [0.15, 0.2) is 0 Å². The Morgan fingerprint density at radius 3 is 2.58 bits per heavy atom. The molecule has 2 N–H and O–H groups in total. The highest BCUT2D eigenvalue weighted by Gasteiger charge is 2.19. The molecular weight excluding hydrogens is 416 g/mol. The number of hydrogen-bond acceptors (Lipinski definition) is 5. The topological polar surface area (TPSA) is 96.0 Å². The monoisotopic (exact) mass is 438 g/mol. The Hall–Kier alpha value is -3.38. The van der Waals surface area contributed by atoms with E-state index in [1.54, 1.807) is 24.3 Å². The summed E-state index contributed by atoms with van der Waals surface area (Å²) in [6.07, 6.45) is 2.62. The molecule has 0 aliphatic heterocycles. The summed E-state index contributed by atoms with van der Waals surface area (Å²) in [5, 5.41) is 32.6. The van der Waals surface area contributed by atoms with Crippen molar-refractivity contribution in [1.29, 1.82) is 0 Å². The Morgan fingerprint density at radius 1 is 1.16 bits per heavy atom. The molecule has 0 saturated carbocycles. The third kappa shape index (κ3) is 5.22. The summed E-state index contributed by atoms with van der Waals surface area (Å²) in [6, 6.07) is 15.4. The number of nitro groups is 1. The number of phenols is 2. The third-order valence-electron chi connectivity index (χ3n) is 5.25. The van der Waals surface area contributed by atoms with E-state index in [0.717, 1.165) is 17.5 Å². The molecule has 0 saturated heterocycles. The minimum Gasteiger partial charge on any atom is -0.506 e. The molecule has 3 aromatic rings. The predicted molar refractivity (Wildman–Crippen MR) is 123 cm³/mol. The molecule has 0 bridgehead atoms. The van der Waals surface area contributed by atoms with Crippen molar-refractivity contribution >= 4 is 29.2 Å². The molecular formula is C24H23ClN2O4. The highest BCUT2D eigenvalue weighted by Crippen LogP contribution is 2.34. The smallest absolute Gasteiger partial charge is 0.311 e. The van der Waals surface area contributed by atoms with Gasteiger partial charge in [0.05, 0.1) is 4.92 Å². The van der Waals surface area contributed by atoms with E-state index in [0.29, 0.717) is 28.6 Å². The van der Waals surface area contributed by atoms with Crippen LogP contribution in [0.25, 0.3) is 0 Å². The van der Waals surface area contributed by atoms with Gasteiger partial charge in [0.25, 0.3) is 0 Å². The Morgan fingerprint density at radius 2 is 1.90 bits per heavy atom. The molecule has 0 spiro atoms. The molecule has 0 aliphatic carbocycles. The van der Waals surface area contributed by atoms with Crippen LogP contribution in [0.4, 0.5) is 11.4 Å². The van der Waals surface area contributed by atoms with Crippen molar-refractivity contribution in [2.75, 3.05) is 0 Å². The van der Waals surface area contributed by atoms with E-state index in [2.05, 4.69) is 18.8 Å². The zero-order valence-electron chi connectivity index (χ0n) is 17.2. The van der Waals surface area contributed by atoms with E-state index in [4.69, 9.17) is 11.6 Å². The average Bonchev–Trinajstić information content (AvgIpc) is 2.75. The van der Waals surface area contributed by atoms with Gasteiger partial charge in [0, 0.05) is 22.9 Å². The molecule has 3 rings (SSSR count). The molecule has 31 heavy (non-hydrogen) atoms. The Balaban J connectivity index is 2.02. The van der Waals surface area contributed by atoms with E-state index in [1.165, 1.54) is 12.3 Å². The van der Waals surface area contributed by atoms with Crippen LogP contribution in [0.1, 0.15) is 48.4 Å². The zero-order chi connectivity index (χ0) is 22.5. The van der Waals surface area contributed by atoms with Crippen LogP contribution in [0.2, 0.25) is 5.02 Å². The van der Waals surface area contributed by atoms with Gasteiger partial charge in [-0.1, -0.05) is 49.7 Å². The first-order valence-electron chi connectivity index (χ1n) is 9.90. The van der Waals surface area contributed by atoms with E-state index in [-0.39, 0.29) is 11.3 Å². The SMILES string of the molecule is CC[C@H](C)c1ccc(O)c(N=Cc2cc(Cc3ccccc3Cl)cc([N+](=O)[O-])c2O)c1. The number of aliphatic imine (C=N–C) groups is 1. The number of nitrogens with zero attached hydrogens (tertiary/aromatic N) is 2. The van der Waals surface area contributed by atoms with Gasteiger partial charge in [0.2, 0.25) is 5.75 Å². The fraction of sp³-hybridized carbons (Fsp3) is 0.208. The number of halogens is 1. The minimum absolute atomic E-state index is 0.00971. The number of nitro benzene ring substituents is 1. The molecule has 0 fully saturated rings. The van der Waals surface area contributed by atoms with Crippen molar-refractivity contribution in [2.45, 2.75) is 32.6 Å². The molecule has 1 atom stereocenters. The fourth-order valence-corrected chi connectivity index (χ4v) is 3.43. The lowest BCUT2D eigenvalue weighted by Gasteiger charge is -2.10. The first kappa shape index (κ1) is 22.3. The maximum atomic E-state index is 11.5. The van der Waals surface area contributed by atoms with Gasteiger partial charge in [-0.3, -0.25) is 15.1 Å². The number of benzene rings is 3. The molecule has 0 aliphatic rings. The van der Waals surface area contributed by atoms with Crippen LogP contribution in [0.5, 0.6) is 11.5 Å². The zero-order valence-corrected chi connectivity index (χ0v) is 18.0. The summed E-state index contributed by atoms with van der Waals surface area (Å²) in [6.45, 7) is 4.15. The molecule has 7 heteroatoms. The fourth-order valence-electron chi connectivity index (χ4n) is 3.23. The summed E-state index contributed by atoms with van der Waals surface area (Å²) in [5.41, 5.74) is 2.54. The van der Waals surface area contributed by atoms with Crippen molar-refractivity contribution in [2.24, 2.45) is 4.99 Å². The Bertz CT molecular complexity index is 1140. The lowest BCUT2D eigenvalue weighted by Crippen LogP contribution is -1.97. The molecule has 0 radical (unpaired) electrons. The van der Waals surface area contributed by atoms with Gasteiger partial charge in [0.1, 0.15) is 11.4 Å². The standard InChI is InChI=1S/C24H23ClN2O4/c1-3-15(2)17-8-9-23(28)21(13-17)26-14-19-11-16(12-22(24(19)29)27(30)31)10-18-6-4-5-7-20(18)25/h4-9,11-15,28-29H,3,10H2,1-2H3/t15-/m0/s1. The second kappa shape index (κ2) is 9.62. The predicted octanol–water partition coefficient (Wildman–Crippen LogP) is 6.51. The van der Waals surface area contributed by atoms with Crippen LogP contribution in [0, 0.1) is 10.1 Å². The highest BCUT2D eigenvalue weighted by molar-refractivity contribution is 6.31. The van der Waals surface area contributed by atoms with Crippen LogP contribution >= 0.6 is 11.6 Å². The maximum Gasteiger partial charge on any atom is 0.311 e. The first-order valence-corrected chi connectivity index (χ1v) is 10.3. The number of hydrogen-bond donors (Lipinski definition) is 2. The van der Waals surface area contributed by atoms with E-state index in [9.17, 15) is 20.3 Å². The van der Waals surface area contributed by atoms with Crippen LogP contribution in [-0.2, 0) is 6.42 Å². The van der Waals surface area contributed by atoms with Crippen LogP contribution < -0.4 is 0 Å². The molecule has 6 nitrogen and oxygen atoms in total. The molecule has 160 valence electrons. The van der Waals surface area contributed by atoms with Gasteiger partial charge in [-0.15, -0.1) is 0 Å². The molecule has 0 heterocycles. The van der Waals surface area contributed by atoms with Crippen molar-refractivity contribution in [3.63, 3.8) is 0 Å². The van der Waals surface area contributed by atoms with Crippen molar-refractivity contribution < 1.29 is 15.1 Å². The van der Waals surface area contributed by atoms with E-state index in [1.807, 2.05) is 24.3 Å². The lowest BCUT2D eigenvalue weighted by molar-refractivity contribution is -0.385. The maximum absolute atomic E-state index is 11.5. The summed E-state index contributed by atoms with van der Waals surface area (Å²) in [4.78, 5) is 15.1. The number of rotatable bonds is 7. The summed E-state index contributed by atoms with van der Waals surface area (Å²) < 4.78 is 0. The molecule has 0 amide bonds.